The van der Waals surface area contributed by atoms with E-state index in [1.54, 1.807) is 0 Å². The fourth-order valence-corrected chi connectivity index (χ4v) is 11.2. The molecule has 0 saturated heterocycles. The van der Waals surface area contributed by atoms with Crippen molar-refractivity contribution in [1.29, 1.82) is 0 Å². The molecule has 1 nitrogen and oxygen atoms in total. The van der Waals surface area contributed by atoms with Crippen LogP contribution in [0.1, 0.15) is 26.3 Å². The average Bonchev–Trinajstić information content (AvgIpc) is 3.85. The molecule has 2 aromatic heterocycles. The molecule has 7 aromatic carbocycles. The SMILES string of the molecule is CC(C)(C)c1ccc(N2c3cc(-c4ccc5c(c4)sc4ccccc45)cc4c3B(c3ccccc3-4)c3sc4ccccc4c32)c(-c2ccccc2)c1. The predicted molar refractivity (Wildman–Crippen MR) is 229 cm³/mol. The molecule has 52 heavy (non-hydrogen) atoms. The number of rotatable bonds is 3. The molecule has 0 fully saturated rings. The van der Waals surface area contributed by atoms with Crippen molar-refractivity contribution < 1.29 is 0 Å². The van der Waals surface area contributed by atoms with E-state index in [4.69, 9.17) is 0 Å². The van der Waals surface area contributed by atoms with E-state index in [0.717, 1.165) is 0 Å². The van der Waals surface area contributed by atoms with E-state index >= 15 is 0 Å². The second-order valence-electron chi connectivity index (χ2n) is 15.3. The number of nitrogens with zero attached hydrogens (tertiary/aromatic N) is 1. The highest BCUT2D eigenvalue weighted by Gasteiger charge is 2.45. The van der Waals surface area contributed by atoms with Gasteiger partial charge >= 0.3 is 0 Å². The van der Waals surface area contributed by atoms with Gasteiger partial charge in [0.2, 0.25) is 0 Å². The maximum atomic E-state index is 2.63. The van der Waals surface area contributed by atoms with Crippen molar-refractivity contribution in [3.05, 3.63) is 157 Å². The minimum Gasteiger partial charge on any atom is -0.309 e. The Balaban J connectivity index is 1.24. The van der Waals surface area contributed by atoms with Crippen LogP contribution in [-0.2, 0) is 5.41 Å². The molecule has 0 amide bonds. The van der Waals surface area contributed by atoms with Gasteiger partial charge in [0.25, 0.3) is 6.71 Å². The van der Waals surface area contributed by atoms with E-state index in [0.29, 0.717) is 0 Å². The smallest absolute Gasteiger partial charge is 0.260 e. The lowest BCUT2D eigenvalue weighted by atomic mass is 9.40. The maximum absolute atomic E-state index is 2.63. The van der Waals surface area contributed by atoms with Crippen molar-refractivity contribution in [2.75, 3.05) is 4.90 Å². The zero-order valence-corrected chi connectivity index (χ0v) is 30.9. The van der Waals surface area contributed by atoms with Crippen LogP contribution in [0.2, 0.25) is 0 Å². The first-order chi connectivity index (χ1) is 25.4. The van der Waals surface area contributed by atoms with E-state index in [-0.39, 0.29) is 12.1 Å². The fourth-order valence-electron chi connectivity index (χ4n) is 8.74. The second-order valence-corrected chi connectivity index (χ2v) is 17.4. The summed E-state index contributed by atoms with van der Waals surface area (Å²) in [7, 11) is 0. The van der Waals surface area contributed by atoms with Gasteiger partial charge in [0, 0.05) is 46.3 Å². The Morgan fingerprint density at radius 1 is 0.481 bits per heavy atom. The van der Waals surface area contributed by atoms with Crippen molar-refractivity contribution in [3.8, 4) is 33.4 Å². The lowest BCUT2D eigenvalue weighted by Gasteiger charge is -2.36. The number of fused-ring (bicyclic) bond motifs is 10. The molecule has 4 heterocycles. The third-order valence-electron chi connectivity index (χ3n) is 11.2. The van der Waals surface area contributed by atoms with Crippen LogP contribution in [0.4, 0.5) is 17.1 Å². The first kappa shape index (κ1) is 30.2. The van der Waals surface area contributed by atoms with Gasteiger partial charge in [-0.1, -0.05) is 135 Å². The summed E-state index contributed by atoms with van der Waals surface area (Å²) in [6.07, 6.45) is 0. The molecule has 0 unspecified atom stereocenters. The lowest BCUT2D eigenvalue weighted by molar-refractivity contribution is 0.590. The molecule has 2 aliphatic rings. The van der Waals surface area contributed by atoms with Crippen LogP contribution in [0.15, 0.2) is 152 Å². The van der Waals surface area contributed by atoms with Gasteiger partial charge < -0.3 is 4.90 Å². The highest BCUT2D eigenvalue weighted by molar-refractivity contribution is 7.34. The summed E-state index contributed by atoms with van der Waals surface area (Å²) in [6, 6.07) is 57.2. The van der Waals surface area contributed by atoms with Gasteiger partial charge in [-0.2, -0.15) is 0 Å². The van der Waals surface area contributed by atoms with Crippen molar-refractivity contribution in [3.63, 3.8) is 0 Å². The Bertz CT molecular complexity index is 2910. The van der Waals surface area contributed by atoms with Gasteiger partial charge in [-0.05, 0) is 86.7 Å². The predicted octanol–water partition coefficient (Wildman–Crippen LogP) is 12.2. The third kappa shape index (κ3) is 4.35. The molecule has 0 saturated carbocycles. The van der Waals surface area contributed by atoms with Crippen molar-refractivity contribution in [2.45, 2.75) is 26.2 Å². The van der Waals surface area contributed by atoms with Crippen LogP contribution in [0.25, 0.3) is 63.6 Å². The molecular weight excluding hydrogens is 665 g/mol. The van der Waals surface area contributed by atoms with Crippen LogP contribution in [0, 0.1) is 0 Å². The molecule has 0 bridgehead atoms. The topological polar surface area (TPSA) is 3.24 Å². The van der Waals surface area contributed by atoms with Crippen molar-refractivity contribution >= 4 is 92.4 Å². The Morgan fingerprint density at radius 3 is 2.02 bits per heavy atom. The Kier molecular flexibility index (Phi) is 6.42. The summed E-state index contributed by atoms with van der Waals surface area (Å²) < 4.78 is 5.43. The van der Waals surface area contributed by atoms with Crippen LogP contribution in [0.5, 0.6) is 0 Å². The van der Waals surface area contributed by atoms with Crippen LogP contribution in [-0.4, -0.2) is 6.71 Å². The standard InChI is InChI=1S/C48H34BNS2/c1-48(2,3)32-22-24-40(37(28-32)29-13-5-4-6-14-29)50-41-26-31(30-21-23-35-34-16-8-11-19-42(34)51-44(35)27-30)25-38-33-15-7-10-18-39(33)49(45(38)41)47-46(50)36-17-9-12-20-43(36)52-47/h4-28H,1-3H3. The van der Waals surface area contributed by atoms with Gasteiger partial charge in [-0.15, -0.1) is 22.7 Å². The first-order valence-corrected chi connectivity index (χ1v) is 19.8. The summed E-state index contributed by atoms with van der Waals surface area (Å²) >= 11 is 3.85. The van der Waals surface area contributed by atoms with E-state index in [9.17, 15) is 0 Å². The normalized spacial score (nSPS) is 13.2. The van der Waals surface area contributed by atoms with E-state index in [2.05, 4.69) is 177 Å². The molecule has 0 radical (unpaired) electrons. The second kappa shape index (κ2) is 11.0. The molecule has 246 valence electrons. The van der Waals surface area contributed by atoms with Crippen molar-refractivity contribution in [2.24, 2.45) is 0 Å². The molecular formula is C48H34BNS2. The lowest BCUT2D eigenvalue weighted by Crippen LogP contribution is -2.53. The van der Waals surface area contributed by atoms with Gasteiger partial charge in [0.05, 0.1) is 11.4 Å². The average molecular weight is 700 g/mol. The summed E-state index contributed by atoms with van der Waals surface area (Å²) in [5, 5.41) is 3.99. The summed E-state index contributed by atoms with van der Waals surface area (Å²) in [5.41, 5.74) is 15.7. The number of hydrogen-bond acceptors (Lipinski definition) is 3. The molecule has 0 atom stereocenters. The Labute approximate surface area is 312 Å². The molecule has 0 spiro atoms. The zero-order chi connectivity index (χ0) is 34.7. The van der Waals surface area contributed by atoms with Crippen molar-refractivity contribution in [1.82, 2.24) is 0 Å². The number of thiophene rings is 2. The molecule has 2 aliphatic heterocycles. The molecule has 0 aliphatic carbocycles. The minimum absolute atomic E-state index is 0.0172. The number of anilines is 3. The van der Waals surface area contributed by atoms with Gasteiger partial charge in [0.1, 0.15) is 0 Å². The van der Waals surface area contributed by atoms with Crippen LogP contribution in [0.3, 0.4) is 0 Å². The van der Waals surface area contributed by atoms with E-state index in [1.165, 1.54) is 102 Å². The first-order valence-electron chi connectivity index (χ1n) is 18.1. The quantitative estimate of drug-likeness (QED) is 0.166. The van der Waals surface area contributed by atoms with E-state index < -0.39 is 0 Å². The highest BCUT2D eigenvalue weighted by atomic mass is 32.1. The van der Waals surface area contributed by atoms with Crippen LogP contribution < -0.4 is 20.6 Å². The number of benzene rings is 7. The van der Waals surface area contributed by atoms with Gasteiger partial charge in [0.15, 0.2) is 0 Å². The van der Waals surface area contributed by atoms with E-state index in [1.807, 2.05) is 22.7 Å². The Morgan fingerprint density at radius 2 is 1.19 bits per heavy atom. The monoisotopic (exact) mass is 699 g/mol. The Hall–Kier alpha value is -5.42. The molecule has 0 N–H and O–H groups in total. The van der Waals surface area contributed by atoms with Gasteiger partial charge in [-0.25, -0.2) is 0 Å². The summed E-state index contributed by atoms with van der Waals surface area (Å²) in [4.78, 5) is 2.63. The molecule has 11 rings (SSSR count). The summed E-state index contributed by atoms with van der Waals surface area (Å²) in [6.45, 7) is 7.13. The largest absolute Gasteiger partial charge is 0.309 e. The fraction of sp³-hybridized carbons (Fsp3) is 0.0833. The highest BCUT2D eigenvalue weighted by Crippen LogP contribution is 2.50. The number of hydrogen-bond donors (Lipinski definition) is 0. The minimum atomic E-state index is 0.0172. The molecule has 4 heteroatoms. The zero-order valence-electron chi connectivity index (χ0n) is 29.3. The van der Waals surface area contributed by atoms with Gasteiger partial charge in [-0.3, -0.25) is 0 Å². The third-order valence-corrected chi connectivity index (χ3v) is 13.6. The summed E-state index contributed by atoms with van der Waals surface area (Å²) in [5.74, 6) is 0. The maximum Gasteiger partial charge on any atom is 0.260 e. The molecule has 9 aromatic rings. The van der Waals surface area contributed by atoms with Crippen LogP contribution >= 0.6 is 22.7 Å².